The summed E-state index contributed by atoms with van der Waals surface area (Å²) in [5.74, 6) is 0.732. The van der Waals surface area contributed by atoms with E-state index in [4.69, 9.17) is 10.5 Å². The summed E-state index contributed by atoms with van der Waals surface area (Å²) < 4.78 is 7.80. The molecule has 1 saturated heterocycles. The van der Waals surface area contributed by atoms with Crippen molar-refractivity contribution >= 4 is 28.4 Å². The number of aromatic nitrogens is 1. The van der Waals surface area contributed by atoms with Gasteiger partial charge in [-0.3, -0.25) is 9.59 Å². The predicted molar refractivity (Wildman–Crippen MR) is 160 cm³/mol. The highest BCUT2D eigenvalue weighted by Gasteiger charge is 2.30. The Labute approximate surface area is 238 Å². The summed E-state index contributed by atoms with van der Waals surface area (Å²) in [6.07, 6.45) is 7.13. The van der Waals surface area contributed by atoms with Crippen molar-refractivity contribution in [1.29, 1.82) is 0 Å². The lowest BCUT2D eigenvalue weighted by Gasteiger charge is -2.34. The van der Waals surface area contributed by atoms with E-state index < -0.39 is 0 Å². The summed E-state index contributed by atoms with van der Waals surface area (Å²) in [5, 5.41) is 4.31. The van der Waals surface area contributed by atoms with E-state index in [1.165, 1.54) is 22.2 Å². The van der Waals surface area contributed by atoms with Crippen LogP contribution in [0.2, 0.25) is 0 Å². The van der Waals surface area contributed by atoms with Gasteiger partial charge in [-0.2, -0.15) is 0 Å². The fourth-order valence-corrected chi connectivity index (χ4v) is 6.42. The van der Waals surface area contributed by atoms with Crippen LogP contribution in [0.4, 0.5) is 5.69 Å². The molecule has 0 bridgehead atoms. The predicted octanol–water partition coefficient (Wildman–Crippen LogP) is 5.39. The highest BCUT2D eigenvalue weighted by atomic mass is 16.5. The molecule has 3 N–H and O–H groups in total. The monoisotopic (exact) mass is 544 g/mol. The summed E-state index contributed by atoms with van der Waals surface area (Å²) in [6.45, 7) is 5.40. The van der Waals surface area contributed by atoms with Crippen LogP contribution in [0, 0.1) is 12.8 Å². The highest BCUT2D eigenvalue weighted by molar-refractivity contribution is 5.93. The number of benzene rings is 2. The van der Waals surface area contributed by atoms with Crippen molar-refractivity contribution in [3.05, 3.63) is 65.4 Å². The summed E-state index contributed by atoms with van der Waals surface area (Å²) in [7, 11) is 1.75. The van der Waals surface area contributed by atoms with Crippen LogP contribution in [0.1, 0.15) is 67.7 Å². The number of nitrogens with zero attached hydrogens (tertiary/aromatic N) is 2. The van der Waals surface area contributed by atoms with E-state index in [0.717, 1.165) is 76.0 Å². The second-order valence-electron chi connectivity index (χ2n) is 11.7. The van der Waals surface area contributed by atoms with Crippen LogP contribution in [0.25, 0.3) is 10.9 Å². The summed E-state index contributed by atoms with van der Waals surface area (Å²) in [5.41, 5.74) is 12.3. The molecule has 1 aliphatic heterocycles. The number of piperidine rings is 1. The molecule has 2 aromatic carbocycles. The van der Waals surface area contributed by atoms with E-state index in [-0.39, 0.29) is 23.8 Å². The van der Waals surface area contributed by atoms with E-state index in [9.17, 15) is 9.59 Å². The Balaban J connectivity index is 1.20. The minimum Gasteiger partial charge on any atom is -0.385 e. The summed E-state index contributed by atoms with van der Waals surface area (Å²) in [6, 6.07) is 16.3. The number of hydrogen-bond donors (Lipinski definition) is 2. The van der Waals surface area contributed by atoms with Crippen molar-refractivity contribution < 1.29 is 14.3 Å². The van der Waals surface area contributed by atoms with E-state index in [1.807, 2.05) is 29.2 Å². The van der Waals surface area contributed by atoms with Gasteiger partial charge in [0.2, 0.25) is 11.8 Å². The topological polar surface area (TPSA) is 89.6 Å². The lowest BCUT2D eigenvalue weighted by Crippen LogP contribution is -2.42. The Morgan fingerprint density at radius 3 is 2.58 bits per heavy atom. The first-order valence-electron chi connectivity index (χ1n) is 14.9. The summed E-state index contributed by atoms with van der Waals surface area (Å²) >= 11 is 0. The van der Waals surface area contributed by atoms with Crippen LogP contribution in [0.15, 0.2) is 48.5 Å². The fraction of sp³-hybridized carbons (Fsp3) is 0.515. The van der Waals surface area contributed by atoms with Gasteiger partial charge >= 0.3 is 0 Å². The smallest absolute Gasteiger partial charge is 0.227 e. The number of nitrogens with two attached hydrogens (primary N) is 1. The Bertz CT molecular complexity index is 1310. The number of carbonyl (C=O) groups excluding carboxylic acids is 2. The maximum Gasteiger partial charge on any atom is 0.227 e. The lowest BCUT2D eigenvalue weighted by molar-refractivity contribution is -0.132. The first-order chi connectivity index (χ1) is 19.4. The van der Waals surface area contributed by atoms with Gasteiger partial charge in [-0.25, -0.2) is 0 Å². The van der Waals surface area contributed by atoms with Crippen molar-refractivity contribution in [2.45, 2.75) is 76.8 Å². The molecule has 1 saturated carbocycles. The van der Waals surface area contributed by atoms with Crippen molar-refractivity contribution in [3.8, 4) is 0 Å². The number of carbonyl (C=O) groups is 2. The molecular formula is C33H44N4O3. The Morgan fingerprint density at radius 1 is 1.07 bits per heavy atom. The van der Waals surface area contributed by atoms with E-state index in [2.05, 4.69) is 41.1 Å². The molecule has 2 fully saturated rings. The largest absolute Gasteiger partial charge is 0.385 e. The molecule has 7 heteroatoms. The number of amides is 2. The van der Waals surface area contributed by atoms with Crippen molar-refractivity contribution in [2.24, 2.45) is 11.7 Å². The van der Waals surface area contributed by atoms with Crippen LogP contribution in [0.3, 0.4) is 0 Å². The van der Waals surface area contributed by atoms with Crippen molar-refractivity contribution in [2.75, 3.05) is 32.1 Å². The molecule has 2 atom stereocenters. The number of para-hydroxylation sites is 1. The van der Waals surface area contributed by atoms with E-state index in [0.29, 0.717) is 18.8 Å². The van der Waals surface area contributed by atoms with Gasteiger partial charge in [0.1, 0.15) is 0 Å². The molecule has 1 aromatic heterocycles. The number of anilines is 1. The molecule has 3 aromatic rings. The zero-order valence-electron chi connectivity index (χ0n) is 24.0. The van der Waals surface area contributed by atoms with Gasteiger partial charge in [0.05, 0.1) is 0 Å². The van der Waals surface area contributed by atoms with Crippen molar-refractivity contribution in [3.63, 3.8) is 0 Å². The number of aryl methyl sites for hydroxylation is 2. The minimum absolute atomic E-state index is 0.117. The molecule has 5 rings (SSSR count). The quantitative estimate of drug-likeness (QED) is 0.317. The zero-order chi connectivity index (χ0) is 28.1. The number of nitrogens with one attached hydrogen (secondary N) is 1. The van der Waals surface area contributed by atoms with Crippen LogP contribution in [-0.2, 0) is 27.3 Å². The number of likely N-dealkylation sites (tertiary alicyclic amines) is 1. The summed E-state index contributed by atoms with van der Waals surface area (Å²) in [4.78, 5) is 27.6. The molecule has 2 amide bonds. The molecule has 7 nitrogen and oxygen atoms in total. The van der Waals surface area contributed by atoms with E-state index in [1.54, 1.807) is 7.11 Å². The second-order valence-corrected chi connectivity index (χ2v) is 11.7. The first kappa shape index (κ1) is 28.4. The van der Waals surface area contributed by atoms with Gasteiger partial charge in [-0.15, -0.1) is 0 Å². The van der Waals surface area contributed by atoms with Gasteiger partial charge in [0, 0.05) is 79.9 Å². The van der Waals surface area contributed by atoms with Gasteiger partial charge < -0.3 is 25.3 Å². The van der Waals surface area contributed by atoms with Gasteiger partial charge in [0.25, 0.3) is 0 Å². The zero-order valence-corrected chi connectivity index (χ0v) is 24.0. The average molecular weight is 545 g/mol. The fourth-order valence-electron chi connectivity index (χ4n) is 6.42. The second kappa shape index (κ2) is 13.0. The van der Waals surface area contributed by atoms with Crippen LogP contribution < -0.4 is 11.1 Å². The maximum absolute atomic E-state index is 13.4. The lowest BCUT2D eigenvalue weighted by atomic mass is 9.85. The Morgan fingerprint density at radius 2 is 1.85 bits per heavy atom. The minimum atomic E-state index is -0.245. The standard InChI is InChI=1S/C33H44N4O3/c1-23-29-11-3-4-12-30(29)37(18-7-19-40-2)32(23)26-10-6-17-36(22-26)31(38)21-27(34)20-24-13-15-28(16-14-24)35-33(39)25-8-5-9-25/h3-4,11-16,25-27H,5-10,17-22,34H2,1-2H3,(H,35,39)/t26?,27-/m1/s1. The molecule has 1 unspecified atom stereocenters. The number of methoxy groups -OCH3 is 1. The first-order valence-corrected chi connectivity index (χ1v) is 14.9. The number of rotatable bonds is 11. The number of fused-ring (bicyclic) bond motifs is 1. The van der Waals surface area contributed by atoms with Crippen LogP contribution in [0.5, 0.6) is 0 Å². The highest BCUT2D eigenvalue weighted by Crippen LogP contribution is 2.36. The average Bonchev–Trinajstić information content (AvgIpc) is 3.20. The Hall–Kier alpha value is -3.16. The SMILES string of the molecule is COCCCn1c(C2CCCN(C(=O)C[C@H](N)Cc3ccc(NC(=O)C4CCC4)cc3)C2)c(C)c2ccccc21. The normalized spacial score (nSPS) is 18.5. The van der Waals surface area contributed by atoms with Crippen molar-refractivity contribution in [1.82, 2.24) is 9.47 Å². The number of hydrogen-bond acceptors (Lipinski definition) is 4. The number of ether oxygens (including phenoxy) is 1. The molecule has 0 radical (unpaired) electrons. The third-order valence-corrected chi connectivity index (χ3v) is 8.80. The van der Waals surface area contributed by atoms with Crippen LogP contribution in [-0.4, -0.2) is 54.1 Å². The molecule has 2 heterocycles. The van der Waals surface area contributed by atoms with Crippen LogP contribution >= 0.6 is 0 Å². The molecular weight excluding hydrogens is 500 g/mol. The van der Waals surface area contributed by atoms with Gasteiger partial charge in [0.15, 0.2) is 0 Å². The molecule has 40 heavy (non-hydrogen) atoms. The Kier molecular flexibility index (Phi) is 9.22. The third kappa shape index (κ3) is 6.42. The molecule has 1 aliphatic carbocycles. The molecule has 0 spiro atoms. The van der Waals surface area contributed by atoms with Gasteiger partial charge in [-0.05, 0) is 74.8 Å². The maximum atomic E-state index is 13.4. The van der Waals surface area contributed by atoms with Gasteiger partial charge in [-0.1, -0.05) is 36.8 Å². The van der Waals surface area contributed by atoms with E-state index >= 15 is 0 Å². The molecule has 214 valence electrons. The molecule has 2 aliphatic rings. The third-order valence-electron chi connectivity index (χ3n) is 8.80.